The van der Waals surface area contributed by atoms with Crippen LogP contribution in [0.2, 0.25) is 0 Å². The molecule has 6 nitrogen and oxygen atoms in total. The molecule has 2 fully saturated rings. The van der Waals surface area contributed by atoms with Gasteiger partial charge in [-0.15, -0.1) is 0 Å². The first-order chi connectivity index (χ1) is 12.5. The maximum atomic E-state index is 13.8. The Morgan fingerprint density at radius 1 is 1.08 bits per heavy atom. The molecule has 0 unspecified atom stereocenters. The van der Waals surface area contributed by atoms with Crippen LogP contribution in [0.25, 0.3) is 0 Å². The number of hydrogen-bond donors (Lipinski definition) is 1. The molecule has 1 aliphatic carbocycles. The number of carbonyl (C=O) groups excluding carboxylic acids is 1. The maximum absolute atomic E-state index is 13.8. The lowest BCUT2D eigenvalue weighted by Gasteiger charge is -2.34. The van der Waals surface area contributed by atoms with Gasteiger partial charge in [0.2, 0.25) is 15.9 Å². The van der Waals surface area contributed by atoms with Gasteiger partial charge in [-0.1, -0.05) is 31.4 Å². The van der Waals surface area contributed by atoms with E-state index >= 15 is 0 Å². The molecule has 1 aliphatic heterocycles. The second kappa shape index (κ2) is 8.45. The van der Waals surface area contributed by atoms with E-state index < -0.39 is 15.8 Å². The molecule has 3 rings (SSSR count). The molecule has 1 heterocycles. The number of amides is 1. The summed E-state index contributed by atoms with van der Waals surface area (Å²) in [6.07, 6.45) is 5.65. The molecule has 26 heavy (non-hydrogen) atoms. The van der Waals surface area contributed by atoms with Crippen molar-refractivity contribution in [2.45, 2.75) is 43.0 Å². The molecule has 1 aromatic rings. The van der Waals surface area contributed by atoms with Gasteiger partial charge in [-0.25, -0.2) is 12.8 Å². The monoisotopic (exact) mass is 383 g/mol. The van der Waals surface area contributed by atoms with Crippen molar-refractivity contribution in [3.63, 3.8) is 0 Å². The Labute approximate surface area is 154 Å². The summed E-state index contributed by atoms with van der Waals surface area (Å²) in [5.41, 5.74) is 0. The van der Waals surface area contributed by atoms with Gasteiger partial charge in [0.25, 0.3) is 0 Å². The van der Waals surface area contributed by atoms with E-state index in [0.29, 0.717) is 13.1 Å². The van der Waals surface area contributed by atoms with Gasteiger partial charge in [-0.05, 0) is 25.0 Å². The summed E-state index contributed by atoms with van der Waals surface area (Å²) >= 11 is 0. The molecule has 0 bridgehead atoms. The second-order valence-electron chi connectivity index (χ2n) is 7.01. The highest BCUT2D eigenvalue weighted by molar-refractivity contribution is 7.89. The number of hydrogen-bond acceptors (Lipinski definition) is 4. The first-order valence-electron chi connectivity index (χ1n) is 9.23. The molecule has 8 heteroatoms. The molecular weight excluding hydrogens is 357 g/mol. The van der Waals surface area contributed by atoms with E-state index in [0.717, 1.165) is 31.7 Å². The Hall–Kier alpha value is -1.51. The molecule has 0 atom stereocenters. The topological polar surface area (TPSA) is 69.7 Å². The van der Waals surface area contributed by atoms with E-state index in [1.165, 1.54) is 28.9 Å². The zero-order chi connectivity index (χ0) is 18.6. The molecule has 2 aliphatic rings. The minimum atomic E-state index is -3.84. The van der Waals surface area contributed by atoms with Crippen molar-refractivity contribution in [1.29, 1.82) is 0 Å². The van der Waals surface area contributed by atoms with Gasteiger partial charge >= 0.3 is 0 Å². The van der Waals surface area contributed by atoms with Gasteiger partial charge in [0, 0.05) is 32.2 Å². The van der Waals surface area contributed by atoms with Crippen molar-refractivity contribution < 1.29 is 17.6 Å². The number of nitrogens with zero attached hydrogens (tertiary/aromatic N) is 2. The fourth-order valence-corrected chi connectivity index (χ4v) is 5.13. The minimum Gasteiger partial charge on any atom is -0.352 e. The molecule has 1 N–H and O–H groups in total. The number of halogens is 1. The van der Waals surface area contributed by atoms with Crippen LogP contribution in [0, 0.1) is 5.82 Å². The third-order valence-electron chi connectivity index (χ3n) is 5.12. The van der Waals surface area contributed by atoms with Gasteiger partial charge in [-0.3, -0.25) is 9.69 Å². The number of sulfonamides is 1. The summed E-state index contributed by atoms with van der Waals surface area (Å²) in [7, 11) is -3.84. The highest BCUT2D eigenvalue weighted by Gasteiger charge is 2.31. The molecule has 1 amide bonds. The fraction of sp³-hybridized carbons (Fsp3) is 0.611. The van der Waals surface area contributed by atoms with Gasteiger partial charge in [0.1, 0.15) is 10.7 Å². The Morgan fingerprint density at radius 2 is 1.73 bits per heavy atom. The van der Waals surface area contributed by atoms with Crippen molar-refractivity contribution in [2.24, 2.45) is 0 Å². The lowest BCUT2D eigenvalue weighted by Crippen LogP contribution is -2.52. The van der Waals surface area contributed by atoms with E-state index in [9.17, 15) is 17.6 Å². The summed E-state index contributed by atoms with van der Waals surface area (Å²) in [4.78, 5) is 13.9. The molecular formula is C18H26FN3O3S. The van der Waals surface area contributed by atoms with Crippen LogP contribution in [0.4, 0.5) is 4.39 Å². The van der Waals surface area contributed by atoms with Crippen molar-refractivity contribution in [2.75, 3.05) is 32.7 Å². The molecule has 1 aromatic carbocycles. The van der Waals surface area contributed by atoms with E-state index in [2.05, 4.69) is 5.32 Å². The van der Waals surface area contributed by atoms with Crippen molar-refractivity contribution >= 4 is 15.9 Å². The van der Waals surface area contributed by atoms with Gasteiger partial charge < -0.3 is 5.32 Å². The lowest BCUT2D eigenvalue weighted by molar-refractivity contribution is -0.123. The number of nitrogens with one attached hydrogen (secondary N) is 1. The molecule has 144 valence electrons. The molecule has 0 spiro atoms. The van der Waals surface area contributed by atoms with Crippen LogP contribution in [-0.2, 0) is 14.8 Å². The van der Waals surface area contributed by atoms with Crippen LogP contribution < -0.4 is 5.32 Å². The summed E-state index contributed by atoms with van der Waals surface area (Å²) in [5, 5.41) is 3.08. The van der Waals surface area contributed by atoms with Gasteiger partial charge in [0.05, 0.1) is 6.54 Å². The Bertz CT molecular complexity index is 727. The molecule has 0 radical (unpaired) electrons. The fourth-order valence-electron chi connectivity index (χ4n) is 3.64. The second-order valence-corrected chi connectivity index (χ2v) is 8.92. The summed E-state index contributed by atoms with van der Waals surface area (Å²) in [6.45, 7) is 1.72. The SMILES string of the molecule is O=C(CN1CCN(S(=O)(=O)c2ccccc2F)CC1)NC1CCCCC1. The average Bonchev–Trinajstić information content (AvgIpc) is 2.63. The van der Waals surface area contributed by atoms with Crippen molar-refractivity contribution in [1.82, 2.24) is 14.5 Å². The third-order valence-corrected chi connectivity index (χ3v) is 7.06. The quantitative estimate of drug-likeness (QED) is 0.838. The number of benzene rings is 1. The van der Waals surface area contributed by atoms with Crippen molar-refractivity contribution in [3.05, 3.63) is 30.1 Å². The standard InChI is InChI=1S/C18H26FN3O3S/c19-16-8-4-5-9-17(16)26(24,25)22-12-10-21(11-13-22)14-18(23)20-15-6-2-1-3-7-15/h4-5,8-9,15H,1-3,6-7,10-14H2,(H,20,23). The third kappa shape index (κ3) is 4.61. The van der Waals surface area contributed by atoms with Crippen LogP contribution in [-0.4, -0.2) is 62.3 Å². The maximum Gasteiger partial charge on any atom is 0.246 e. The minimum absolute atomic E-state index is 0.00214. The Morgan fingerprint density at radius 3 is 2.38 bits per heavy atom. The number of carbonyl (C=O) groups is 1. The van der Waals surface area contributed by atoms with E-state index in [1.54, 1.807) is 0 Å². The molecule has 1 saturated carbocycles. The predicted octanol–water partition coefficient (Wildman–Crippen LogP) is 1.58. The van der Waals surface area contributed by atoms with Crippen LogP contribution in [0.15, 0.2) is 29.2 Å². The zero-order valence-electron chi connectivity index (χ0n) is 14.9. The molecule has 0 aromatic heterocycles. The van der Waals surface area contributed by atoms with Gasteiger partial charge in [0.15, 0.2) is 0 Å². The first kappa shape index (κ1) is 19.3. The summed E-state index contributed by atoms with van der Waals surface area (Å²) < 4.78 is 40.3. The number of rotatable bonds is 5. The highest BCUT2D eigenvalue weighted by atomic mass is 32.2. The van der Waals surface area contributed by atoms with E-state index in [1.807, 2.05) is 4.90 Å². The van der Waals surface area contributed by atoms with Crippen LogP contribution in [0.1, 0.15) is 32.1 Å². The van der Waals surface area contributed by atoms with Crippen LogP contribution in [0.5, 0.6) is 0 Å². The van der Waals surface area contributed by atoms with E-state index in [4.69, 9.17) is 0 Å². The molecule has 1 saturated heterocycles. The normalized spacial score (nSPS) is 20.8. The average molecular weight is 383 g/mol. The summed E-state index contributed by atoms with van der Waals surface area (Å²) in [6, 6.07) is 5.70. The van der Waals surface area contributed by atoms with Crippen molar-refractivity contribution in [3.8, 4) is 0 Å². The predicted molar refractivity (Wildman–Crippen MR) is 96.6 cm³/mol. The largest absolute Gasteiger partial charge is 0.352 e. The lowest BCUT2D eigenvalue weighted by atomic mass is 9.95. The van der Waals surface area contributed by atoms with E-state index in [-0.39, 0.29) is 36.5 Å². The highest BCUT2D eigenvalue weighted by Crippen LogP contribution is 2.20. The summed E-state index contributed by atoms with van der Waals surface area (Å²) in [5.74, 6) is -0.732. The Kier molecular flexibility index (Phi) is 6.26. The zero-order valence-corrected chi connectivity index (χ0v) is 15.7. The Balaban J connectivity index is 1.51. The van der Waals surface area contributed by atoms with Gasteiger partial charge in [-0.2, -0.15) is 4.31 Å². The first-order valence-corrected chi connectivity index (χ1v) is 10.7. The number of piperazine rings is 1. The smallest absolute Gasteiger partial charge is 0.246 e. The van der Waals surface area contributed by atoms with Crippen LogP contribution in [0.3, 0.4) is 0 Å². The van der Waals surface area contributed by atoms with Crippen LogP contribution >= 0.6 is 0 Å².